The molecule has 17 heavy (non-hydrogen) atoms. The van der Waals surface area contributed by atoms with Crippen LogP contribution in [-0.2, 0) is 0 Å². The number of nitrogens with zero attached hydrogens (tertiary/aromatic N) is 1. The van der Waals surface area contributed by atoms with Gasteiger partial charge in [-0.2, -0.15) is 0 Å². The van der Waals surface area contributed by atoms with Gasteiger partial charge in [0, 0.05) is 24.7 Å². The lowest BCUT2D eigenvalue weighted by Crippen LogP contribution is -2.33. The number of hydrogen-bond donors (Lipinski definition) is 1. The largest absolute Gasteiger partial charge is 0.337 e. The fourth-order valence-corrected chi connectivity index (χ4v) is 2.79. The summed E-state index contributed by atoms with van der Waals surface area (Å²) in [7, 11) is 0. The van der Waals surface area contributed by atoms with Gasteiger partial charge in [0.25, 0.3) is 5.91 Å². The Morgan fingerprint density at radius 3 is 2.76 bits per heavy atom. The predicted molar refractivity (Wildman–Crippen MR) is 62.2 cm³/mol. The van der Waals surface area contributed by atoms with E-state index >= 15 is 0 Å². The first kappa shape index (κ1) is 10.7. The highest BCUT2D eigenvalue weighted by molar-refractivity contribution is 5.94. The normalized spacial score (nSPS) is 27.2. The molecular formula is C13H15FN2O. The van der Waals surface area contributed by atoms with Crippen molar-refractivity contribution in [1.29, 1.82) is 0 Å². The zero-order valence-electron chi connectivity index (χ0n) is 9.53. The monoisotopic (exact) mass is 234 g/mol. The highest BCUT2D eigenvalue weighted by Gasteiger charge is 2.37. The second-order valence-corrected chi connectivity index (χ2v) is 4.83. The van der Waals surface area contributed by atoms with Crippen molar-refractivity contribution in [2.24, 2.45) is 5.92 Å². The minimum absolute atomic E-state index is 0.0150. The van der Waals surface area contributed by atoms with E-state index in [-0.39, 0.29) is 11.7 Å². The Morgan fingerprint density at radius 2 is 2.06 bits per heavy atom. The van der Waals surface area contributed by atoms with Gasteiger partial charge in [0.15, 0.2) is 0 Å². The van der Waals surface area contributed by atoms with Gasteiger partial charge in [-0.15, -0.1) is 0 Å². The summed E-state index contributed by atoms with van der Waals surface area (Å²) in [4.78, 5) is 14.0. The Morgan fingerprint density at radius 1 is 1.29 bits per heavy atom. The molecule has 2 fully saturated rings. The molecule has 1 aromatic rings. The summed E-state index contributed by atoms with van der Waals surface area (Å²) < 4.78 is 12.8. The van der Waals surface area contributed by atoms with E-state index in [1.807, 2.05) is 4.90 Å². The summed E-state index contributed by atoms with van der Waals surface area (Å²) in [6, 6.07) is 6.24. The molecule has 2 atom stereocenters. The predicted octanol–water partition coefficient (Wildman–Crippen LogP) is 1.26. The smallest absolute Gasteiger partial charge is 0.253 e. The first-order valence-electron chi connectivity index (χ1n) is 6.02. The minimum atomic E-state index is -0.304. The summed E-state index contributed by atoms with van der Waals surface area (Å²) in [5.41, 5.74) is 0.575. The highest BCUT2D eigenvalue weighted by Crippen LogP contribution is 2.25. The van der Waals surface area contributed by atoms with Gasteiger partial charge in [-0.05, 0) is 43.1 Å². The van der Waals surface area contributed by atoms with Crippen molar-refractivity contribution in [1.82, 2.24) is 10.2 Å². The Bertz CT molecular complexity index is 420. The molecule has 2 heterocycles. The molecule has 0 aromatic heterocycles. The Labute approximate surface area is 99.6 Å². The van der Waals surface area contributed by atoms with E-state index in [0.717, 1.165) is 26.1 Å². The zero-order chi connectivity index (χ0) is 11.8. The number of fused-ring (bicyclic) bond motifs is 1. The van der Waals surface area contributed by atoms with Crippen LogP contribution < -0.4 is 5.32 Å². The van der Waals surface area contributed by atoms with E-state index < -0.39 is 0 Å². The fourth-order valence-electron chi connectivity index (χ4n) is 2.79. The Kier molecular flexibility index (Phi) is 2.59. The van der Waals surface area contributed by atoms with Gasteiger partial charge in [0.2, 0.25) is 0 Å². The van der Waals surface area contributed by atoms with Gasteiger partial charge in [0.05, 0.1) is 0 Å². The number of hydrogen-bond acceptors (Lipinski definition) is 2. The summed E-state index contributed by atoms with van der Waals surface area (Å²) in [5.74, 6) is 0.308. The van der Waals surface area contributed by atoms with Gasteiger partial charge < -0.3 is 10.2 Å². The van der Waals surface area contributed by atoms with E-state index in [4.69, 9.17) is 0 Å². The van der Waals surface area contributed by atoms with Gasteiger partial charge in [-0.3, -0.25) is 4.79 Å². The van der Waals surface area contributed by atoms with Crippen LogP contribution in [0.25, 0.3) is 0 Å². The van der Waals surface area contributed by atoms with Crippen LogP contribution in [0.15, 0.2) is 24.3 Å². The molecular weight excluding hydrogens is 219 g/mol. The third-order valence-electron chi connectivity index (χ3n) is 3.74. The maximum atomic E-state index is 12.8. The minimum Gasteiger partial charge on any atom is -0.337 e. The summed E-state index contributed by atoms with van der Waals surface area (Å²) in [5, 5.41) is 3.41. The molecule has 3 rings (SSSR count). The number of benzene rings is 1. The number of carbonyl (C=O) groups excluding carboxylic acids is 1. The SMILES string of the molecule is O=C(c1ccc(F)cc1)N1C[C@@H]2CCN[C@H]2C1. The molecule has 90 valence electrons. The molecule has 0 radical (unpaired) electrons. The summed E-state index contributed by atoms with van der Waals surface area (Å²) in [6.45, 7) is 2.67. The van der Waals surface area contributed by atoms with Crippen LogP contribution in [0.5, 0.6) is 0 Å². The average molecular weight is 234 g/mol. The van der Waals surface area contributed by atoms with Gasteiger partial charge in [-0.1, -0.05) is 0 Å². The molecule has 1 amide bonds. The standard InChI is InChI=1S/C13H15FN2O/c14-11-3-1-9(2-4-11)13(17)16-7-10-5-6-15-12(10)8-16/h1-4,10,12,15H,5-8H2/t10-,12-/m0/s1. The molecule has 2 aliphatic heterocycles. The lowest BCUT2D eigenvalue weighted by Gasteiger charge is -2.17. The molecule has 0 aliphatic carbocycles. The van der Waals surface area contributed by atoms with Gasteiger partial charge >= 0.3 is 0 Å². The average Bonchev–Trinajstić information content (AvgIpc) is 2.89. The lowest BCUT2D eigenvalue weighted by molar-refractivity contribution is 0.0782. The third-order valence-corrected chi connectivity index (χ3v) is 3.74. The van der Waals surface area contributed by atoms with Crippen LogP contribution in [-0.4, -0.2) is 36.5 Å². The van der Waals surface area contributed by atoms with Crippen molar-refractivity contribution >= 4 is 5.91 Å². The van der Waals surface area contributed by atoms with Gasteiger partial charge in [0.1, 0.15) is 5.82 Å². The first-order valence-corrected chi connectivity index (χ1v) is 6.02. The first-order chi connectivity index (χ1) is 8.24. The van der Waals surface area contributed by atoms with Gasteiger partial charge in [-0.25, -0.2) is 4.39 Å². The van der Waals surface area contributed by atoms with Crippen LogP contribution in [0.1, 0.15) is 16.8 Å². The highest BCUT2D eigenvalue weighted by atomic mass is 19.1. The fraction of sp³-hybridized carbons (Fsp3) is 0.462. The lowest BCUT2D eigenvalue weighted by atomic mass is 10.1. The summed E-state index contributed by atoms with van der Waals surface area (Å²) >= 11 is 0. The third kappa shape index (κ3) is 1.93. The number of amides is 1. The van der Waals surface area contributed by atoms with Crippen molar-refractivity contribution in [2.45, 2.75) is 12.5 Å². The second kappa shape index (κ2) is 4.11. The van der Waals surface area contributed by atoms with Crippen LogP contribution in [0, 0.1) is 11.7 Å². The number of nitrogens with one attached hydrogen (secondary N) is 1. The van der Waals surface area contributed by atoms with E-state index in [2.05, 4.69) is 5.32 Å². The molecule has 1 N–H and O–H groups in total. The molecule has 2 saturated heterocycles. The Hall–Kier alpha value is -1.42. The molecule has 1 aromatic carbocycles. The molecule has 0 spiro atoms. The second-order valence-electron chi connectivity index (χ2n) is 4.83. The van der Waals surface area contributed by atoms with Crippen LogP contribution in [0.2, 0.25) is 0 Å². The van der Waals surface area contributed by atoms with Crippen LogP contribution in [0.3, 0.4) is 0 Å². The zero-order valence-corrected chi connectivity index (χ0v) is 9.53. The maximum absolute atomic E-state index is 12.8. The molecule has 3 nitrogen and oxygen atoms in total. The van der Waals surface area contributed by atoms with Crippen LogP contribution >= 0.6 is 0 Å². The molecule has 2 aliphatic rings. The number of rotatable bonds is 1. The van der Waals surface area contributed by atoms with Crippen molar-refractivity contribution in [3.8, 4) is 0 Å². The van der Waals surface area contributed by atoms with E-state index in [1.165, 1.54) is 12.1 Å². The van der Waals surface area contributed by atoms with Crippen molar-refractivity contribution in [2.75, 3.05) is 19.6 Å². The maximum Gasteiger partial charge on any atom is 0.253 e. The number of halogens is 1. The number of likely N-dealkylation sites (tertiary alicyclic amines) is 1. The van der Waals surface area contributed by atoms with E-state index in [9.17, 15) is 9.18 Å². The van der Waals surface area contributed by atoms with Crippen molar-refractivity contribution in [3.05, 3.63) is 35.6 Å². The van der Waals surface area contributed by atoms with Crippen molar-refractivity contribution < 1.29 is 9.18 Å². The Balaban J connectivity index is 1.73. The quantitative estimate of drug-likeness (QED) is 0.793. The van der Waals surface area contributed by atoms with Crippen molar-refractivity contribution in [3.63, 3.8) is 0 Å². The van der Waals surface area contributed by atoms with E-state index in [0.29, 0.717) is 17.5 Å². The number of carbonyl (C=O) groups is 1. The molecule has 4 heteroatoms. The van der Waals surface area contributed by atoms with Crippen LogP contribution in [0.4, 0.5) is 4.39 Å². The molecule has 0 bridgehead atoms. The molecule has 0 unspecified atom stereocenters. The van der Waals surface area contributed by atoms with E-state index in [1.54, 1.807) is 12.1 Å². The molecule has 0 saturated carbocycles. The topological polar surface area (TPSA) is 32.3 Å². The summed E-state index contributed by atoms with van der Waals surface area (Å²) in [6.07, 6.45) is 1.15.